The lowest BCUT2D eigenvalue weighted by Crippen LogP contribution is -2.31. The molecule has 0 aliphatic rings. The quantitative estimate of drug-likeness (QED) is 0.408. The Morgan fingerprint density at radius 3 is 2.83 bits per heavy atom. The summed E-state index contributed by atoms with van der Waals surface area (Å²) in [7, 11) is 0. The Balaban J connectivity index is 1.60. The number of nitrogens with one attached hydrogen (secondary N) is 2. The van der Waals surface area contributed by atoms with Gasteiger partial charge in [-0.1, -0.05) is 23.9 Å². The highest BCUT2D eigenvalue weighted by atomic mass is 32.2. The van der Waals surface area contributed by atoms with E-state index in [2.05, 4.69) is 25.7 Å². The van der Waals surface area contributed by atoms with Gasteiger partial charge >= 0.3 is 0 Å². The Hall–Kier alpha value is -2.88. The van der Waals surface area contributed by atoms with Gasteiger partial charge in [-0.25, -0.2) is 19.0 Å². The summed E-state index contributed by atoms with van der Waals surface area (Å²) in [6, 6.07) is 6.18. The number of aromatic nitrogens is 4. The van der Waals surface area contributed by atoms with Crippen LogP contribution in [0.4, 0.5) is 10.2 Å². The molecule has 0 unspecified atom stereocenters. The van der Waals surface area contributed by atoms with Crippen LogP contribution in [0.1, 0.15) is 13.8 Å². The molecule has 1 aromatic carbocycles. The van der Waals surface area contributed by atoms with Crippen LogP contribution in [0.15, 0.2) is 35.6 Å². The van der Waals surface area contributed by atoms with Crippen LogP contribution in [-0.4, -0.2) is 51.1 Å². The summed E-state index contributed by atoms with van der Waals surface area (Å²) in [6.07, 6.45) is 3.63. The number of thioether (sulfide) groups is 1. The number of carbonyl (C=O) groups excluding carboxylic acids is 1. The van der Waals surface area contributed by atoms with Crippen molar-refractivity contribution in [1.82, 2.24) is 25.1 Å². The summed E-state index contributed by atoms with van der Waals surface area (Å²) in [5.74, 6) is -0.0557. The Labute approximate surface area is 172 Å². The Morgan fingerprint density at radius 1 is 1.31 bits per heavy atom. The molecule has 10 heteroatoms. The van der Waals surface area contributed by atoms with E-state index in [-0.39, 0.29) is 24.3 Å². The number of hydrogen-bond acceptors (Lipinski definition) is 7. The number of hydrogen-bond donors (Lipinski definition) is 2. The molecule has 2 N–H and O–H groups in total. The van der Waals surface area contributed by atoms with E-state index in [9.17, 15) is 9.18 Å². The third kappa shape index (κ3) is 5.35. The Morgan fingerprint density at radius 2 is 2.10 bits per heavy atom. The largest absolute Gasteiger partial charge is 0.481 e. The van der Waals surface area contributed by atoms with Gasteiger partial charge in [0, 0.05) is 12.6 Å². The Kier molecular flexibility index (Phi) is 6.86. The number of anilines is 1. The number of benzene rings is 1. The van der Waals surface area contributed by atoms with E-state index in [1.807, 2.05) is 20.1 Å². The first-order valence-corrected chi connectivity index (χ1v) is 10.4. The molecule has 0 bridgehead atoms. The number of carbonyl (C=O) groups is 1. The van der Waals surface area contributed by atoms with Gasteiger partial charge in [-0.3, -0.25) is 4.79 Å². The van der Waals surface area contributed by atoms with Crippen molar-refractivity contribution in [2.45, 2.75) is 31.6 Å². The van der Waals surface area contributed by atoms with Crippen molar-refractivity contribution in [1.29, 1.82) is 0 Å². The Bertz CT molecular complexity index is 994. The second-order valence-electron chi connectivity index (χ2n) is 6.53. The van der Waals surface area contributed by atoms with Gasteiger partial charge in [0.2, 0.25) is 0 Å². The van der Waals surface area contributed by atoms with E-state index < -0.39 is 5.82 Å². The maximum atomic E-state index is 13.5. The second-order valence-corrected chi connectivity index (χ2v) is 7.31. The summed E-state index contributed by atoms with van der Waals surface area (Å²) in [5.41, 5.74) is 0.698. The summed E-state index contributed by atoms with van der Waals surface area (Å²) >= 11 is 1.45. The van der Waals surface area contributed by atoms with Crippen LogP contribution in [0.25, 0.3) is 11.0 Å². The second kappa shape index (κ2) is 9.55. The van der Waals surface area contributed by atoms with Crippen LogP contribution >= 0.6 is 11.8 Å². The van der Waals surface area contributed by atoms with Gasteiger partial charge in [-0.2, -0.15) is 5.10 Å². The summed E-state index contributed by atoms with van der Waals surface area (Å²) in [6.45, 7) is 4.58. The number of ether oxygens (including phenoxy) is 1. The van der Waals surface area contributed by atoms with Crippen molar-refractivity contribution in [3.8, 4) is 5.75 Å². The molecule has 154 valence electrons. The fraction of sp³-hybridized carbons (Fsp3) is 0.368. The number of amides is 1. The van der Waals surface area contributed by atoms with Crippen molar-refractivity contribution >= 4 is 34.5 Å². The average Bonchev–Trinajstić information content (AvgIpc) is 3.10. The predicted octanol–water partition coefficient (Wildman–Crippen LogP) is 2.70. The summed E-state index contributed by atoms with van der Waals surface area (Å²) < 4.78 is 20.4. The van der Waals surface area contributed by atoms with Crippen molar-refractivity contribution in [2.24, 2.45) is 0 Å². The number of rotatable bonds is 9. The van der Waals surface area contributed by atoms with E-state index in [1.165, 1.54) is 23.9 Å². The van der Waals surface area contributed by atoms with Crippen molar-refractivity contribution in [3.63, 3.8) is 0 Å². The molecular formula is C19H23FN6O2S. The summed E-state index contributed by atoms with van der Waals surface area (Å²) in [4.78, 5) is 21.0. The van der Waals surface area contributed by atoms with Crippen molar-refractivity contribution in [3.05, 3.63) is 36.3 Å². The van der Waals surface area contributed by atoms with E-state index in [1.54, 1.807) is 23.0 Å². The van der Waals surface area contributed by atoms with Gasteiger partial charge in [0.05, 0.1) is 18.1 Å². The zero-order valence-corrected chi connectivity index (χ0v) is 17.3. The van der Waals surface area contributed by atoms with E-state index in [0.717, 1.165) is 11.2 Å². The molecule has 29 heavy (non-hydrogen) atoms. The van der Waals surface area contributed by atoms with E-state index in [0.29, 0.717) is 23.9 Å². The van der Waals surface area contributed by atoms with Gasteiger partial charge in [-0.15, -0.1) is 0 Å². The van der Waals surface area contributed by atoms with Crippen LogP contribution < -0.4 is 15.4 Å². The van der Waals surface area contributed by atoms with Crippen LogP contribution in [0.5, 0.6) is 5.75 Å². The SMILES string of the molecule is CSc1nc(NC(C)C)c2cnn(CCNC(=O)COc3ccccc3F)c2n1. The third-order valence-electron chi connectivity index (χ3n) is 3.92. The number of nitrogens with zero attached hydrogens (tertiary/aromatic N) is 4. The van der Waals surface area contributed by atoms with Crippen LogP contribution in [0.2, 0.25) is 0 Å². The molecule has 0 spiro atoms. The number of para-hydroxylation sites is 1. The number of fused-ring (bicyclic) bond motifs is 1. The van der Waals surface area contributed by atoms with Crippen molar-refractivity contribution in [2.75, 3.05) is 24.7 Å². The minimum atomic E-state index is -0.501. The highest BCUT2D eigenvalue weighted by Crippen LogP contribution is 2.23. The van der Waals surface area contributed by atoms with Crippen LogP contribution in [0, 0.1) is 5.82 Å². The molecule has 0 aliphatic heterocycles. The topological polar surface area (TPSA) is 94.0 Å². The standard InChI is InChI=1S/C19H23FN6O2S/c1-12(2)23-17-13-10-22-26(18(13)25-19(24-17)29-3)9-8-21-16(27)11-28-15-7-5-4-6-14(15)20/h4-7,10,12H,8-9,11H2,1-3H3,(H,21,27)(H,23,24,25). The lowest BCUT2D eigenvalue weighted by Gasteiger charge is -2.11. The summed E-state index contributed by atoms with van der Waals surface area (Å²) in [5, 5.41) is 11.9. The van der Waals surface area contributed by atoms with Crippen molar-refractivity contribution < 1.29 is 13.9 Å². The molecule has 2 aromatic heterocycles. The molecule has 0 aliphatic carbocycles. The monoisotopic (exact) mass is 418 g/mol. The molecule has 0 saturated heterocycles. The average molecular weight is 418 g/mol. The number of halogens is 1. The maximum absolute atomic E-state index is 13.5. The zero-order chi connectivity index (χ0) is 20.8. The molecule has 0 radical (unpaired) electrons. The van der Waals surface area contributed by atoms with Gasteiger partial charge in [0.1, 0.15) is 5.82 Å². The minimum absolute atomic E-state index is 0.0483. The molecular weight excluding hydrogens is 395 g/mol. The molecule has 2 heterocycles. The van der Waals surface area contributed by atoms with Gasteiger partial charge in [-0.05, 0) is 32.2 Å². The molecule has 3 aromatic rings. The third-order valence-corrected chi connectivity index (χ3v) is 4.47. The smallest absolute Gasteiger partial charge is 0.258 e. The highest BCUT2D eigenvalue weighted by molar-refractivity contribution is 7.98. The molecule has 8 nitrogen and oxygen atoms in total. The maximum Gasteiger partial charge on any atom is 0.258 e. The highest BCUT2D eigenvalue weighted by Gasteiger charge is 2.14. The lowest BCUT2D eigenvalue weighted by atomic mass is 10.3. The molecule has 0 fully saturated rings. The molecule has 0 saturated carbocycles. The molecule has 3 rings (SSSR count). The fourth-order valence-electron chi connectivity index (χ4n) is 2.63. The molecule has 0 atom stereocenters. The van der Waals surface area contributed by atoms with Crippen LogP contribution in [-0.2, 0) is 11.3 Å². The van der Waals surface area contributed by atoms with E-state index in [4.69, 9.17) is 4.74 Å². The normalized spacial score (nSPS) is 11.1. The van der Waals surface area contributed by atoms with Gasteiger partial charge in [0.15, 0.2) is 29.0 Å². The predicted molar refractivity (Wildman–Crippen MR) is 111 cm³/mol. The first-order valence-electron chi connectivity index (χ1n) is 9.16. The molecule has 1 amide bonds. The zero-order valence-electron chi connectivity index (χ0n) is 16.5. The fourth-order valence-corrected chi connectivity index (χ4v) is 2.99. The lowest BCUT2D eigenvalue weighted by molar-refractivity contribution is -0.123. The first kappa shape index (κ1) is 20.8. The van der Waals surface area contributed by atoms with E-state index >= 15 is 0 Å². The van der Waals surface area contributed by atoms with Gasteiger partial charge < -0.3 is 15.4 Å². The van der Waals surface area contributed by atoms with Gasteiger partial charge in [0.25, 0.3) is 5.91 Å². The first-order chi connectivity index (χ1) is 14.0. The minimum Gasteiger partial charge on any atom is -0.481 e. The van der Waals surface area contributed by atoms with Crippen LogP contribution in [0.3, 0.4) is 0 Å².